The topological polar surface area (TPSA) is 96.1 Å². The molecule has 0 saturated carbocycles. The Morgan fingerprint density at radius 2 is 1.85 bits per heavy atom. The molecule has 0 fully saturated rings. The summed E-state index contributed by atoms with van der Waals surface area (Å²) in [5.74, 6) is 1.26. The van der Waals surface area contributed by atoms with Crippen LogP contribution in [0.4, 0.5) is 17.5 Å². The van der Waals surface area contributed by atoms with E-state index >= 15 is 0 Å². The molecule has 0 amide bonds. The smallest absolute Gasteiger partial charge is 0.229 e. The van der Waals surface area contributed by atoms with Crippen LogP contribution in [-0.2, 0) is 12.8 Å². The highest BCUT2D eigenvalue weighted by Gasteiger charge is 2.14. The van der Waals surface area contributed by atoms with Gasteiger partial charge in [-0.2, -0.15) is 4.98 Å². The molecular formula is C14H17N5O. The summed E-state index contributed by atoms with van der Waals surface area (Å²) in [7, 11) is 0. The number of anilines is 3. The fourth-order valence-corrected chi connectivity index (χ4v) is 2.30. The van der Waals surface area contributed by atoms with Crippen LogP contribution in [0.25, 0.3) is 0 Å². The zero-order valence-electron chi connectivity index (χ0n) is 11.1. The average molecular weight is 271 g/mol. The van der Waals surface area contributed by atoms with Gasteiger partial charge in [0, 0.05) is 24.2 Å². The number of nitrogen functional groups attached to an aromatic ring is 1. The Kier molecular flexibility index (Phi) is 3.39. The van der Waals surface area contributed by atoms with Gasteiger partial charge in [-0.25, -0.2) is 4.98 Å². The van der Waals surface area contributed by atoms with Crippen LogP contribution in [0.1, 0.15) is 11.3 Å². The number of aromatic hydroxyl groups is 1. The van der Waals surface area contributed by atoms with E-state index in [1.165, 1.54) is 0 Å². The number of benzene rings is 1. The van der Waals surface area contributed by atoms with Crippen LogP contribution in [0, 0.1) is 0 Å². The molecule has 0 atom stereocenters. The van der Waals surface area contributed by atoms with Crippen molar-refractivity contribution in [1.29, 1.82) is 0 Å². The predicted molar refractivity (Wildman–Crippen MR) is 78.1 cm³/mol. The molecular weight excluding hydrogens is 254 g/mol. The number of phenolic OH excluding ortho intramolecular Hbond substituents is 1. The number of rotatable bonds is 2. The van der Waals surface area contributed by atoms with Crippen LogP contribution in [0.2, 0.25) is 0 Å². The predicted octanol–water partition coefficient (Wildman–Crippen LogP) is 1.20. The Bertz CT molecular complexity index is 612. The molecule has 2 heterocycles. The number of nitrogens with two attached hydrogens (primary N) is 1. The lowest BCUT2D eigenvalue weighted by Gasteiger charge is -2.11. The standard InChI is InChI=1S/C14H17N5O/c15-13-11-5-7-16-8-6-12(11)18-14(19-13)17-9-1-3-10(20)4-2-9/h1-4,16,20H,5-8H2,(H3,15,17,18,19). The van der Waals surface area contributed by atoms with Gasteiger partial charge in [0.2, 0.25) is 5.95 Å². The molecule has 1 aromatic carbocycles. The number of hydrogen-bond donors (Lipinski definition) is 4. The first kappa shape index (κ1) is 12.7. The van der Waals surface area contributed by atoms with Crippen LogP contribution in [0.15, 0.2) is 24.3 Å². The van der Waals surface area contributed by atoms with E-state index in [2.05, 4.69) is 20.6 Å². The molecule has 0 bridgehead atoms. The summed E-state index contributed by atoms with van der Waals surface area (Å²) in [5, 5.41) is 15.7. The average Bonchev–Trinajstić information content (AvgIpc) is 2.67. The normalized spacial score (nSPS) is 14.4. The summed E-state index contributed by atoms with van der Waals surface area (Å²) < 4.78 is 0. The van der Waals surface area contributed by atoms with E-state index in [-0.39, 0.29) is 5.75 Å². The molecule has 1 aromatic heterocycles. The third-order valence-corrected chi connectivity index (χ3v) is 3.34. The van der Waals surface area contributed by atoms with E-state index in [0.717, 1.165) is 42.9 Å². The van der Waals surface area contributed by atoms with Gasteiger partial charge in [-0.15, -0.1) is 0 Å². The monoisotopic (exact) mass is 271 g/mol. The van der Waals surface area contributed by atoms with Crippen molar-refractivity contribution in [2.45, 2.75) is 12.8 Å². The van der Waals surface area contributed by atoms with Crippen molar-refractivity contribution in [3.8, 4) is 5.75 Å². The molecule has 6 heteroatoms. The molecule has 1 aliphatic heterocycles. The number of fused-ring (bicyclic) bond motifs is 1. The second-order valence-corrected chi connectivity index (χ2v) is 4.78. The first-order valence-corrected chi connectivity index (χ1v) is 6.64. The van der Waals surface area contributed by atoms with Crippen molar-refractivity contribution in [3.63, 3.8) is 0 Å². The highest BCUT2D eigenvalue weighted by atomic mass is 16.3. The van der Waals surface area contributed by atoms with Crippen molar-refractivity contribution < 1.29 is 5.11 Å². The Morgan fingerprint density at radius 1 is 1.10 bits per heavy atom. The summed E-state index contributed by atoms with van der Waals surface area (Å²) in [6.07, 6.45) is 1.72. The maximum atomic E-state index is 9.27. The zero-order chi connectivity index (χ0) is 13.9. The molecule has 5 N–H and O–H groups in total. The van der Waals surface area contributed by atoms with E-state index in [1.54, 1.807) is 24.3 Å². The van der Waals surface area contributed by atoms with Crippen molar-refractivity contribution in [2.75, 3.05) is 24.1 Å². The van der Waals surface area contributed by atoms with E-state index in [4.69, 9.17) is 5.73 Å². The summed E-state index contributed by atoms with van der Waals surface area (Å²) in [6.45, 7) is 1.81. The Labute approximate surface area is 117 Å². The Morgan fingerprint density at radius 3 is 2.65 bits per heavy atom. The molecule has 0 spiro atoms. The molecule has 0 aliphatic carbocycles. The molecule has 0 radical (unpaired) electrons. The van der Waals surface area contributed by atoms with Crippen LogP contribution in [-0.4, -0.2) is 28.2 Å². The van der Waals surface area contributed by atoms with Gasteiger partial charge < -0.3 is 21.5 Å². The number of nitrogens with zero attached hydrogens (tertiary/aromatic N) is 2. The number of aromatic nitrogens is 2. The third kappa shape index (κ3) is 2.65. The fourth-order valence-electron chi connectivity index (χ4n) is 2.30. The van der Waals surface area contributed by atoms with Gasteiger partial charge in [-0.3, -0.25) is 0 Å². The van der Waals surface area contributed by atoms with E-state index in [9.17, 15) is 5.11 Å². The maximum Gasteiger partial charge on any atom is 0.229 e. The molecule has 20 heavy (non-hydrogen) atoms. The van der Waals surface area contributed by atoms with E-state index in [1.807, 2.05) is 0 Å². The second-order valence-electron chi connectivity index (χ2n) is 4.78. The first-order valence-electron chi connectivity index (χ1n) is 6.64. The first-order chi connectivity index (χ1) is 9.72. The molecule has 1 aliphatic rings. The Hall–Kier alpha value is -2.34. The molecule has 2 aromatic rings. The van der Waals surface area contributed by atoms with Crippen molar-refractivity contribution in [2.24, 2.45) is 0 Å². The molecule has 6 nitrogen and oxygen atoms in total. The summed E-state index contributed by atoms with van der Waals surface area (Å²) >= 11 is 0. The highest BCUT2D eigenvalue weighted by molar-refractivity contribution is 5.57. The van der Waals surface area contributed by atoms with Crippen molar-refractivity contribution >= 4 is 17.5 Å². The SMILES string of the molecule is Nc1nc(Nc2ccc(O)cc2)nc2c1CCNCC2. The largest absolute Gasteiger partial charge is 0.508 e. The lowest BCUT2D eigenvalue weighted by atomic mass is 10.1. The van der Waals surface area contributed by atoms with Gasteiger partial charge in [0.15, 0.2) is 0 Å². The minimum absolute atomic E-state index is 0.226. The fraction of sp³-hybridized carbons (Fsp3) is 0.286. The van der Waals surface area contributed by atoms with Gasteiger partial charge in [0.1, 0.15) is 11.6 Å². The van der Waals surface area contributed by atoms with Crippen molar-refractivity contribution in [3.05, 3.63) is 35.5 Å². The summed E-state index contributed by atoms with van der Waals surface area (Å²) in [6, 6.07) is 6.75. The van der Waals surface area contributed by atoms with Crippen LogP contribution < -0.4 is 16.4 Å². The lowest BCUT2D eigenvalue weighted by Crippen LogP contribution is -2.16. The van der Waals surface area contributed by atoms with Gasteiger partial charge in [-0.05, 0) is 37.2 Å². The van der Waals surface area contributed by atoms with Crippen LogP contribution in [0.5, 0.6) is 5.75 Å². The van der Waals surface area contributed by atoms with Crippen molar-refractivity contribution in [1.82, 2.24) is 15.3 Å². The minimum atomic E-state index is 0.226. The van der Waals surface area contributed by atoms with Crippen LogP contribution in [0.3, 0.4) is 0 Å². The number of hydrogen-bond acceptors (Lipinski definition) is 6. The molecule has 0 saturated heterocycles. The summed E-state index contributed by atoms with van der Waals surface area (Å²) in [5.41, 5.74) is 8.90. The number of nitrogens with one attached hydrogen (secondary N) is 2. The minimum Gasteiger partial charge on any atom is -0.508 e. The second kappa shape index (κ2) is 5.34. The summed E-state index contributed by atoms with van der Waals surface area (Å²) in [4.78, 5) is 8.86. The van der Waals surface area contributed by atoms with Gasteiger partial charge >= 0.3 is 0 Å². The number of phenols is 1. The van der Waals surface area contributed by atoms with Gasteiger partial charge in [-0.1, -0.05) is 0 Å². The zero-order valence-corrected chi connectivity index (χ0v) is 11.1. The van der Waals surface area contributed by atoms with Gasteiger partial charge in [0.25, 0.3) is 0 Å². The lowest BCUT2D eigenvalue weighted by molar-refractivity contribution is 0.475. The molecule has 3 rings (SSSR count). The quantitative estimate of drug-likeness (QED) is 0.613. The Balaban J connectivity index is 1.89. The maximum absolute atomic E-state index is 9.27. The highest BCUT2D eigenvalue weighted by Crippen LogP contribution is 2.22. The van der Waals surface area contributed by atoms with E-state index < -0.39 is 0 Å². The van der Waals surface area contributed by atoms with Crippen LogP contribution >= 0.6 is 0 Å². The molecule has 0 unspecified atom stereocenters. The van der Waals surface area contributed by atoms with E-state index in [0.29, 0.717) is 11.8 Å². The van der Waals surface area contributed by atoms with Gasteiger partial charge in [0.05, 0.1) is 5.69 Å². The third-order valence-electron chi connectivity index (χ3n) is 3.34. The molecule has 104 valence electrons.